The number of pyridine rings is 1. The molecule has 2 aromatic heterocycles. The smallest absolute Gasteiger partial charge is 0.319 e. The van der Waals surface area contributed by atoms with Gasteiger partial charge in [-0.2, -0.15) is 0 Å². The minimum absolute atomic E-state index is 0.244. The predicted molar refractivity (Wildman–Crippen MR) is 87.6 cm³/mol. The summed E-state index contributed by atoms with van der Waals surface area (Å²) in [6, 6.07) is 12.9. The van der Waals surface area contributed by atoms with E-state index in [0.29, 0.717) is 6.54 Å². The molecule has 0 bridgehead atoms. The van der Waals surface area contributed by atoms with Crippen LogP contribution in [0.25, 0.3) is 11.3 Å². The van der Waals surface area contributed by atoms with Gasteiger partial charge in [0, 0.05) is 29.0 Å². The summed E-state index contributed by atoms with van der Waals surface area (Å²) in [7, 11) is 0. The molecule has 1 aromatic carbocycles. The Kier molecular flexibility index (Phi) is 4.41. The molecule has 0 saturated carbocycles. The third kappa shape index (κ3) is 3.67. The Balaban J connectivity index is 1.56. The minimum atomic E-state index is -0.244. The van der Waals surface area contributed by atoms with Gasteiger partial charge >= 0.3 is 6.03 Å². The summed E-state index contributed by atoms with van der Waals surface area (Å²) >= 11 is 1.52. The van der Waals surface area contributed by atoms with Gasteiger partial charge in [0.1, 0.15) is 5.01 Å². The zero-order valence-electron chi connectivity index (χ0n) is 11.7. The molecule has 0 aliphatic rings. The van der Waals surface area contributed by atoms with Crippen molar-refractivity contribution in [3.63, 3.8) is 0 Å². The van der Waals surface area contributed by atoms with Crippen molar-refractivity contribution >= 4 is 23.1 Å². The largest absolute Gasteiger partial charge is 0.331 e. The highest BCUT2D eigenvalue weighted by atomic mass is 32.1. The van der Waals surface area contributed by atoms with Gasteiger partial charge in [-0.05, 0) is 24.3 Å². The number of nitrogens with zero attached hydrogens (tertiary/aromatic N) is 2. The number of thiazole rings is 1. The molecule has 0 fully saturated rings. The normalized spacial score (nSPS) is 10.2. The Labute approximate surface area is 132 Å². The zero-order valence-corrected chi connectivity index (χ0v) is 12.5. The van der Waals surface area contributed by atoms with Crippen LogP contribution in [0.5, 0.6) is 0 Å². The maximum absolute atomic E-state index is 11.8. The molecule has 3 aromatic rings. The van der Waals surface area contributed by atoms with Crippen molar-refractivity contribution < 1.29 is 4.79 Å². The quantitative estimate of drug-likeness (QED) is 0.774. The molecule has 6 heteroatoms. The highest BCUT2D eigenvalue weighted by Gasteiger charge is 2.06. The lowest BCUT2D eigenvalue weighted by atomic mass is 10.2. The van der Waals surface area contributed by atoms with E-state index in [2.05, 4.69) is 20.6 Å². The van der Waals surface area contributed by atoms with Crippen LogP contribution in [0.3, 0.4) is 0 Å². The first-order chi connectivity index (χ1) is 10.8. The van der Waals surface area contributed by atoms with Gasteiger partial charge in [0.15, 0.2) is 0 Å². The average molecular weight is 310 g/mol. The Bertz CT molecular complexity index is 743. The molecule has 0 saturated heterocycles. The van der Waals surface area contributed by atoms with Crippen molar-refractivity contribution in [3.05, 3.63) is 65.2 Å². The number of anilines is 1. The van der Waals surface area contributed by atoms with Crippen molar-refractivity contribution in [2.75, 3.05) is 5.32 Å². The molecule has 0 unspecified atom stereocenters. The van der Waals surface area contributed by atoms with E-state index in [1.165, 1.54) is 11.3 Å². The summed E-state index contributed by atoms with van der Waals surface area (Å²) in [6.45, 7) is 0.397. The first-order valence-electron chi connectivity index (χ1n) is 6.76. The van der Waals surface area contributed by atoms with Crippen LogP contribution in [-0.4, -0.2) is 16.0 Å². The van der Waals surface area contributed by atoms with Gasteiger partial charge in [0.25, 0.3) is 0 Å². The average Bonchev–Trinajstić information content (AvgIpc) is 3.04. The summed E-state index contributed by atoms with van der Waals surface area (Å²) in [4.78, 5) is 20.3. The molecule has 2 amide bonds. The van der Waals surface area contributed by atoms with Crippen LogP contribution < -0.4 is 10.6 Å². The third-order valence-electron chi connectivity index (χ3n) is 2.96. The number of urea groups is 1. The van der Waals surface area contributed by atoms with Crippen molar-refractivity contribution in [2.45, 2.75) is 6.54 Å². The van der Waals surface area contributed by atoms with Crippen LogP contribution >= 0.6 is 11.3 Å². The summed E-state index contributed by atoms with van der Waals surface area (Å²) in [5, 5.41) is 8.40. The number of rotatable bonds is 4. The summed E-state index contributed by atoms with van der Waals surface area (Å²) in [6.07, 6.45) is 3.47. The van der Waals surface area contributed by atoms with E-state index in [1.54, 1.807) is 12.4 Å². The van der Waals surface area contributed by atoms with Crippen LogP contribution in [0.4, 0.5) is 10.5 Å². The number of carbonyl (C=O) groups is 1. The second-order valence-corrected chi connectivity index (χ2v) is 5.48. The number of hydrogen-bond donors (Lipinski definition) is 2. The van der Waals surface area contributed by atoms with Gasteiger partial charge in [0.2, 0.25) is 0 Å². The minimum Gasteiger partial charge on any atom is -0.331 e. The third-order valence-corrected chi connectivity index (χ3v) is 3.81. The molecule has 110 valence electrons. The highest BCUT2D eigenvalue weighted by molar-refractivity contribution is 7.09. The van der Waals surface area contributed by atoms with Crippen molar-refractivity contribution in [1.29, 1.82) is 0 Å². The number of hydrogen-bond acceptors (Lipinski definition) is 4. The van der Waals surface area contributed by atoms with Crippen LogP contribution in [-0.2, 0) is 6.54 Å². The van der Waals surface area contributed by atoms with E-state index in [1.807, 2.05) is 47.8 Å². The van der Waals surface area contributed by atoms with E-state index in [0.717, 1.165) is 22.0 Å². The van der Waals surface area contributed by atoms with Gasteiger partial charge in [0.05, 0.1) is 12.2 Å². The van der Waals surface area contributed by atoms with Gasteiger partial charge in [-0.15, -0.1) is 11.3 Å². The first-order valence-corrected chi connectivity index (χ1v) is 7.64. The van der Waals surface area contributed by atoms with Gasteiger partial charge in [-0.25, -0.2) is 9.78 Å². The van der Waals surface area contributed by atoms with E-state index in [4.69, 9.17) is 0 Å². The fourth-order valence-electron chi connectivity index (χ4n) is 1.90. The van der Waals surface area contributed by atoms with Gasteiger partial charge in [-0.1, -0.05) is 18.2 Å². The van der Waals surface area contributed by atoms with Crippen LogP contribution in [0.15, 0.2) is 60.2 Å². The first kappa shape index (κ1) is 14.2. The number of nitrogens with one attached hydrogen (secondary N) is 2. The van der Waals surface area contributed by atoms with Gasteiger partial charge < -0.3 is 10.6 Å². The molecule has 2 N–H and O–H groups in total. The highest BCUT2D eigenvalue weighted by Crippen LogP contribution is 2.20. The Morgan fingerprint density at radius 3 is 2.64 bits per heavy atom. The summed E-state index contributed by atoms with van der Waals surface area (Å²) in [5.41, 5.74) is 2.68. The second-order valence-electron chi connectivity index (χ2n) is 4.54. The maximum Gasteiger partial charge on any atom is 0.319 e. The fourth-order valence-corrected chi connectivity index (χ4v) is 2.64. The maximum atomic E-state index is 11.8. The zero-order chi connectivity index (χ0) is 15.2. The molecule has 0 radical (unpaired) electrons. The van der Waals surface area contributed by atoms with Crippen LogP contribution in [0, 0.1) is 0 Å². The second kappa shape index (κ2) is 6.82. The fraction of sp³-hybridized carbons (Fsp3) is 0.0625. The summed E-state index contributed by atoms with van der Waals surface area (Å²) < 4.78 is 0. The lowest BCUT2D eigenvalue weighted by molar-refractivity contribution is 0.251. The topological polar surface area (TPSA) is 66.9 Å². The Morgan fingerprint density at radius 1 is 1.09 bits per heavy atom. The molecular weight excluding hydrogens is 296 g/mol. The molecule has 3 rings (SSSR count). The number of para-hydroxylation sites is 1. The van der Waals surface area contributed by atoms with E-state index < -0.39 is 0 Å². The standard InChI is InChI=1S/C16H14N4OS/c21-16(19-13-4-2-1-3-5-13)18-10-15-20-14(11-22-15)12-6-8-17-9-7-12/h1-9,11H,10H2,(H2,18,19,21). The number of carbonyl (C=O) groups excluding carboxylic acids is 1. The van der Waals surface area contributed by atoms with E-state index in [9.17, 15) is 4.79 Å². The van der Waals surface area contributed by atoms with Crippen molar-refractivity contribution in [3.8, 4) is 11.3 Å². The van der Waals surface area contributed by atoms with Crippen molar-refractivity contribution in [2.24, 2.45) is 0 Å². The Morgan fingerprint density at radius 2 is 1.86 bits per heavy atom. The monoisotopic (exact) mass is 310 g/mol. The predicted octanol–water partition coefficient (Wildman–Crippen LogP) is 3.53. The molecule has 0 aliphatic carbocycles. The molecule has 0 spiro atoms. The van der Waals surface area contributed by atoms with Crippen LogP contribution in [0.2, 0.25) is 0 Å². The van der Waals surface area contributed by atoms with Gasteiger partial charge in [-0.3, -0.25) is 4.98 Å². The number of amides is 2. The molecule has 0 atom stereocenters. The number of benzene rings is 1. The van der Waals surface area contributed by atoms with E-state index in [-0.39, 0.29) is 6.03 Å². The van der Waals surface area contributed by atoms with E-state index >= 15 is 0 Å². The Hall–Kier alpha value is -2.73. The lowest BCUT2D eigenvalue weighted by Crippen LogP contribution is -2.28. The molecule has 22 heavy (non-hydrogen) atoms. The number of aromatic nitrogens is 2. The van der Waals surface area contributed by atoms with Crippen molar-refractivity contribution in [1.82, 2.24) is 15.3 Å². The SMILES string of the molecule is O=C(NCc1nc(-c2ccncc2)cs1)Nc1ccccc1. The molecular formula is C16H14N4OS. The lowest BCUT2D eigenvalue weighted by Gasteiger charge is -2.05. The molecule has 0 aliphatic heterocycles. The molecule has 2 heterocycles. The van der Waals surface area contributed by atoms with Crippen LogP contribution in [0.1, 0.15) is 5.01 Å². The molecule has 5 nitrogen and oxygen atoms in total. The summed E-state index contributed by atoms with van der Waals surface area (Å²) in [5.74, 6) is 0.